The number of hydrogen-bond acceptors (Lipinski definition) is 0. The molecule has 2 unspecified atom stereocenters. The molecule has 2 saturated carbocycles. The van der Waals surface area contributed by atoms with Crippen LogP contribution in [0.25, 0.3) is 0 Å². The monoisotopic (exact) mass is 168 g/mol. The van der Waals surface area contributed by atoms with Gasteiger partial charge in [-0.2, -0.15) is 0 Å². The fourth-order valence-corrected chi connectivity index (χ4v) is 3.26. The van der Waals surface area contributed by atoms with Gasteiger partial charge in [0.1, 0.15) is 0 Å². The molecule has 0 N–H and O–H groups in total. The summed E-state index contributed by atoms with van der Waals surface area (Å²) >= 11 is 0. The molecule has 2 aliphatic carbocycles. The number of hydrogen-bond donors (Lipinski definition) is 0. The molecule has 0 radical (unpaired) electrons. The zero-order valence-corrected chi connectivity index (χ0v) is 7.68. The van der Waals surface area contributed by atoms with E-state index < -0.39 is 0 Å². The summed E-state index contributed by atoms with van der Waals surface area (Å²) in [5.74, 6) is 3.31. The lowest BCUT2D eigenvalue weighted by Gasteiger charge is -2.22. The molecule has 2 aliphatic rings. The zero-order valence-electron chi connectivity index (χ0n) is 7.68. The van der Waals surface area contributed by atoms with Crippen LogP contribution in [0.3, 0.4) is 0 Å². The number of rotatable bonds is 1. The normalized spacial score (nSPS) is 36.8. The molecular formula is C12H24. The van der Waals surface area contributed by atoms with E-state index in [9.17, 15) is 0 Å². The highest BCUT2D eigenvalue weighted by molar-refractivity contribution is 4.82. The Labute approximate surface area is 77.7 Å². The Morgan fingerprint density at radius 3 is 2.00 bits per heavy atom. The smallest absolute Gasteiger partial charge is 0.0360 e. The Kier molecular flexibility index (Phi) is 3.61. The van der Waals surface area contributed by atoms with Crippen molar-refractivity contribution in [3.05, 3.63) is 0 Å². The average Bonchev–Trinajstić information content (AvgIpc) is 2.55. The molecule has 0 amide bonds. The first-order chi connectivity index (χ1) is 5.38. The molecule has 72 valence electrons. The fourth-order valence-electron chi connectivity index (χ4n) is 3.26. The van der Waals surface area contributed by atoms with Crippen molar-refractivity contribution in [2.75, 3.05) is 0 Å². The second-order valence-corrected chi connectivity index (χ2v) is 4.62. The van der Waals surface area contributed by atoms with Gasteiger partial charge in [0, 0.05) is 0 Å². The average molecular weight is 168 g/mol. The standard InChI is InChI=1S/C11H20.CH4/c1-9-5-4-8-11(9)10-6-2-3-7-10;/h9-11H,2-8H2,1H3;1H4. The van der Waals surface area contributed by atoms with Crippen molar-refractivity contribution in [1.29, 1.82) is 0 Å². The fraction of sp³-hybridized carbons (Fsp3) is 1.00. The van der Waals surface area contributed by atoms with E-state index in [0.29, 0.717) is 0 Å². The Morgan fingerprint density at radius 2 is 1.50 bits per heavy atom. The van der Waals surface area contributed by atoms with Gasteiger partial charge in [0.05, 0.1) is 0 Å². The SMILES string of the molecule is C.CC1CCCC1C1CCCC1. The van der Waals surface area contributed by atoms with Gasteiger partial charge in [-0.05, 0) is 24.2 Å². The molecule has 0 bridgehead atoms. The molecule has 2 atom stereocenters. The van der Waals surface area contributed by atoms with Gasteiger partial charge in [0.25, 0.3) is 0 Å². The second-order valence-electron chi connectivity index (χ2n) is 4.62. The van der Waals surface area contributed by atoms with Crippen molar-refractivity contribution in [3.63, 3.8) is 0 Å². The summed E-state index contributed by atoms with van der Waals surface area (Å²) in [4.78, 5) is 0. The van der Waals surface area contributed by atoms with Crippen LogP contribution in [0.15, 0.2) is 0 Å². The van der Waals surface area contributed by atoms with Crippen molar-refractivity contribution in [2.45, 2.75) is 59.3 Å². The first-order valence-electron chi connectivity index (χ1n) is 5.38. The summed E-state index contributed by atoms with van der Waals surface area (Å²) < 4.78 is 0. The first-order valence-corrected chi connectivity index (χ1v) is 5.38. The van der Waals surface area contributed by atoms with E-state index in [-0.39, 0.29) is 7.43 Å². The summed E-state index contributed by atoms with van der Waals surface area (Å²) in [5.41, 5.74) is 0. The second kappa shape index (κ2) is 4.30. The molecule has 0 aliphatic heterocycles. The Bertz CT molecular complexity index is 122. The minimum atomic E-state index is 0. The predicted octanol–water partition coefficient (Wildman–Crippen LogP) is 4.25. The molecule has 0 aromatic carbocycles. The Morgan fingerprint density at radius 1 is 0.833 bits per heavy atom. The van der Waals surface area contributed by atoms with Crippen LogP contribution < -0.4 is 0 Å². The lowest BCUT2D eigenvalue weighted by atomic mass is 9.84. The largest absolute Gasteiger partial charge is 0.0776 e. The van der Waals surface area contributed by atoms with E-state index in [1.54, 1.807) is 19.3 Å². The van der Waals surface area contributed by atoms with E-state index in [1.807, 2.05) is 0 Å². The van der Waals surface area contributed by atoms with Crippen LogP contribution in [0.2, 0.25) is 0 Å². The van der Waals surface area contributed by atoms with Gasteiger partial charge in [-0.1, -0.05) is 52.9 Å². The maximum Gasteiger partial charge on any atom is -0.0360 e. The summed E-state index contributed by atoms with van der Waals surface area (Å²) in [5, 5.41) is 0. The van der Waals surface area contributed by atoms with Crippen LogP contribution in [0, 0.1) is 17.8 Å². The highest BCUT2D eigenvalue weighted by Crippen LogP contribution is 2.43. The van der Waals surface area contributed by atoms with Crippen LogP contribution in [0.4, 0.5) is 0 Å². The van der Waals surface area contributed by atoms with Crippen LogP contribution in [0.5, 0.6) is 0 Å². The molecular weight excluding hydrogens is 144 g/mol. The Balaban J connectivity index is 0.000000720. The third-order valence-electron chi connectivity index (χ3n) is 3.93. The lowest BCUT2D eigenvalue weighted by Crippen LogP contribution is -2.13. The van der Waals surface area contributed by atoms with Crippen molar-refractivity contribution in [2.24, 2.45) is 17.8 Å². The molecule has 0 aromatic heterocycles. The van der Waals surface area contributed by atoms with Crippen LogP contribution >= 0.6 is 0 Å². The minimum absolute atomic E-state index is 0. The first kappa shape index (κ1) is 10.1. The molecule has 0 heteroatoms. The van der Waals surface area contributed by atoms with Gasteiger partial charge >= 0.3 is 0 Å². The molecule has 2 fully saturated rings. The topological polar surface area (TPSA) is 0 Å². The van der Waals surface area contributed by atoms with E-state index >= 15 is 0 Å². The summed E-state index contributed by atoms with van der Waals surface area (Å²) in [7, 11) is 0. The van der Waals surface area contributed by atoms with E-state index in [0.717, 1.165) is 17.8 Å². The van der Waals surface area contributed by atoms with E-state index in [2.05, 4.69) is 6.92 Å². The summed E-state index contributed by atoms with van der Waals surface area (Å²) in [6.07, 6.45) is 10.7. The van der Waals surface area contributed by atoms with Crippen LogP contribution in [0.1, 0.15) is 59.3 Å². The lowest BCUT2D eigenvalue weighted by molar-refractivity contribution is 0.280. The molecule has 0 heterocycles. The molecule has 0 spiro atoms. The maximum absolute atomic E-state index is 2.47. The molecule has 0 nitrogen and oxygen atoms in total. The quantitative estimate of drug-likeness (QED) is 0.549. The van der Waals surface area contributed by atoms with Gasteiger partial charge in [-0.25, -0.2) is 0 Å². The van der Waals surface area contributed by atoms with Crippen molar-refractivity contribution < 1.29 is 0 Å². The molecule has 12 heavy (non-hydrogen) atoms. The molecule has 0 saturated heterocycles. The highest BCUT2D eigenvalue weighted by atomic mass is 14.4. The van der Waals surface area contributed by atoms with Gasteiger partial charge < -0.3 is 0 Å². The maximum atomic E-state index is 2.47. The molecule has 2 rings (SSSR count). The third-order valence-corrected chi connectivity index (χ3v) is 3.93. The van der Waals surface area contributed by atoms with Gasteiger partial charge in [0.15, 0.2) is 0 Å². The van der Waals surface area contributed by atoms with Gasteiger partial charge in [0.2, 0.25) is 0 Å². The zero-order chi connectivity index (χ0) is 7.68. The van der Waals surface area contributed by atoms with Crippen molar-refractivity contribution in [1.82, 2.24) is 0 Å². The van der Waals surface area contributed by atoms with Crippen molar-refractivity contribution in [3.8, 4) is 0 Å². The summed E-state index contributed by atoms with van der Waals surface area (Å²) in [6, 6.07) is 0. The van der Waals surface area contributed by atoms with Crippen LogP contribution in [-0.4, -0.2) is 0 Å². The van der Waals surface area contributed by atoms with Crippen LogP contribution in [-0.2, 0) is 0 Å². The minimum Gasteiger partial charge on any atom is -0.0776 e. The predicted molar refractivity (Wildman–Crippen MR) is 55.2 cm³/mol. The van der Waals surface area contributed by atoms with E-state index in [1.165, 1.54) is 25.7 Å². The third kappa shape index (κ3) is 1.84. The summed E-state index contributed by atoms with van der Waals surface area (Å²) in [6.45, 7) is 2.47. The molecule has 0 aromatic rings. The Hall–Kier alpha value is 0. The van der Waals surface area contributed by atoms with E-state index in [4.69, 9.17) is 0 Å². The van der Waals surface area contributed by atoms with Gasteiger partial charge in [-0.15, -0.1) is 0 Å². The van der Waals surface area contributed by atoms with Gasteiger partial charge in [-0.3, -0.25) is 0 Å². The van der Waals surface area contributed by atoms with Crippen molar-refractivity contribution >= 4 is 0 Å². The highest BCUT2D eigenvalue weighted by Gasteiger charge is 2.31.